The van der Waals surface area contributed by atoms with Crippen LogP contribution in [0.2, 0.25) is 0 Å². The quantitative estimate of drug-likeness (QED) is 0.811. The van der Waals surface area contributed by atoms with Gasteiger partial charge in [0.15, 0.2) is 9.84 Å². The van der Waals surface area contributed by atoms with Crippen molar-refractivity contribution in [2.24, 2.45) is 5.92 Å². The number of hydrogen-bond acceptors (Lipinski definition) is 5. The molecule has 0 aromatic carbocycles. The Hall–Kier alpha value is -0.170. The summed E-state index contributed by atoms with van der Waals surface area (Å²) >= 11 is 0. The highest BCUT2D eigenvalue weighted by atomic mass is 32.2. The van der Waals surface area contributed by atoms with Crippen molar-refractivity contribution >= 4 is 9.84 Å². The fraction of sp³-hybridized carbons (Fsp3) is 1.00. The molecule has 0 radical (unpaired) electrons. The number of rotatable bonds is 3. The number of ether oxygens (including phenoxy) is 1. The Balaban J connectivity index is 1.40. The topological polar surface area (TPSA) is 58.6 Å². The fourth-order valence-corrected chi connectivity index (χ4v) is 5.59. The summed E-state index contributed by atoms with van der Waals surface area (Å²) in [5.41, 5.74) is 0.0748. The van der Waals surface area contributed by atoms with Gasteiger partial charge in [0.05, 0.1) is 23.7 Å². The highest BCUT2D eigenvalue weighted by Gasteiger charge is 2.37. The van der Waals surface area contributed by atoms with E-state index in [1.807, 2.05) is 0 Å². The van der Waals surface area contributed by atoms with Crippen molar-refractivity contribution in [1.29, 1.82) is 0 Å². The second-order valence-electron chi connectivity index (χ2n) is 6.61. The third-order valence-corrected chi connectivity index (χ3v) is 6.92. The van der Waals surface area contributed by atoms with Gasteiger partial charge in [0.1, 0.15) is 0 Å². The summed E-state index contributed by atoms with van der Waals surface area (Å²) in [7, 11) is -2.72. The lowest BCUT2D eigenvalue weighted by atomic mass is 9.89. The molecule has 1 unspecified atom stereocenters. The second-order valence-corrected chi connectivity index (χ2v) is 8.84. The predicted octanol–water partition coefficient (Wildman–Crippen LogP) is 0.266. The molecule has 3 saturated heterocycles. The van der Waals surface area contributed by atoms with Gasteiger partial charge in [-0.2, -0.15) is 0 Å². The van der Waals surface area contributed by atoms with Gasteiger partial charge in [-0.3, -0.25) is 0 Å². The lowest BCUT2D eigenvalue weighted by Gasteiger charge is -2.44. The zero-order chi connectivity index (χ0) is 14.1. The lowest BCUT2D eigenvalue weighted by Crippen LogP contribution is -2.55. The molecule has 1 atom stereocenters. The van der Waals surface area contributed by atoms with Gasteiger partial charge in [0, 0.05) is 26.2 Å². The van der Waals surface area contributed by atoms with Crippen LogP contribution in [-0.2, 0) is 14.6 Å². The Kier molecular flexibility index (Phi) is 4.36. The largest absolute Gasteiger partial charge is 0.372 e. The first-order valence-electron chi connectivity index (χ1n) is 7.84. The van der Waals surface area contributed by atoms with Crippen LogP contribution in [0.1, 0.15) is 25.7 Å². The van der Waals surface area contributed by atoms with Crippen LogP contribution in [0.25, 0.3) is 0 Å². The van der Waals surface area contributed by atoms with Crippen molar-refractivity contribution in [2.45, 2.75) is 31.3 Å². The van der Waals surface area contributed by atoms with Crippen molar-refractivity contribution in [3.63, 3.8) is 0 Å². The zero-order valence-corrected chi connectivity index (χ0v) is 13.0. The van der Waals surface area contributed by atoms with E-state index < -0.39 is 9.84 Å². The van der Waals surface area contributed by atoms with E-state index >= 15 is 0 Å². The molecule has 116 valence electrons. The molecule has 0 aromatic heterocycles. The van der Waals surface area contributed by atoms with Gasteiger partial charge >= 0.3 is 0 Å². The van der Waals surface area contributed by atoms with E-state index in [-0.39, 0.29) is 5.60 Å². The van der Waals surface area contributed by atoms with Crippen LogP contribution in [-0.4, -0.2) is 69.8 Å². The molecule has 0 aromatic rings. The number of morpholine rings is 1. The predicted molar refractivity (Wildman–Crippen MR) is 78.6 cm³/mol. The Labute approximate surface area is 122 Å². The molecule has 5 nitrogen and oxygen atoms in total. The molecular formula is C14H26N2O3S. The molecule has 1 N–H and O–H groups in total. The maximum Gasteiger partial charge on any atom is 0.150 e. The number of likely N-dealkylation sites (tertiary alicyclic amines) is 1. The Morgan fingerprint density at radius 2 is 2.10 bits per heavy atom. The summed E-state index contributed by atoms with van der Waals surface area (Å²) in [5, 5.41) is 3.44. The average molecular weight is 302 g/mol. The number of piperidine rings is 1. The summed E-state index contributed by atoms with van der Waals surface area (Å²) in [5.74, 6) is 1.21. The smallest absolute Gasteiger partial charge is 0.150 e. The Morgan fingerprint density at radius 1 is 1.30 bits per heavy atom. The molecule has 0 amide bonds. The monoisotopic (exact) mass is 302 g/mol. The van der Waals surface area contributed by atoms with Gasteiger partial charge in [-0.05, 0) is 38.1 Å². The molecule has 0 aliphatic carbocycles. The summed E-state index contributed by atoms with van der Waals surface area (Å²) in [6, 6.07) is 0. The van der Waals surface area contributed by atoms with Crippen molar-refractivity contribution < 1.29 is 13.2 Å². The first-order valence-corrected chi connectivity index (χ1v) is 9.67. The van der Waals surface area contributed by atoms with Gasteiger partial charge in [0.2, 0.25) is 0 Å². The van der Waals surface area contributed by atoms with Crippen LogP contribution in [0, 0.1) is 5.92 Å². The van der Waals surface area contributed by atoms with Gasteiger partial charge in [-0.15, -0.1) is 0 Å². The van der Waals surface area contributed by atoms with Crippen LogP contribution in [0.3, 0.4) is 0 Å². The average Bonchev–Trinajstić information content (AvgIpc) is 2.79. The molecule has 1 spiro atoms. The fourth-order valence-electron chi connectivity index (χ4n) is 3.68. The number of nitrogens with one attached hydrogen (secondary N) is 1. The number of nitrogens with zero attached hydrogens (tertiary/aromatic N) is 1. The van der Waals surface area contributed by atoms with Crippen LogP contribution in [0.5, 0.6) is 0 Å². The molecule has 3 heterocycles. The zero-order valence-electron chi connectivity index (χ0n) is 12.1. The molecule has 3 fully saturated rings. The first kappa shape index (κ1) is 14.8. The highest BCUT2D eigenvalue weighted by Crippen LogP contribution is 2.28. The van der Waals surface area contributed by atoms with E-state index in [9.17, 15) is 8.42 Å². The molecule has 3 rings (SSSR count). The molecular weight excluding hydrogens is 276 g/mol. The number of hydrogen-bond donors (Lipinski definition) is 1. The normalized spacial score (nSPS) is 33.5. The van der Waals surface area contributed by atoms with Crippen molar-refractivity contribution in [3.8, 4) is 0 Å². The van der Waals surface area contributed by atoms with Crippen LogP contribution < -0.4 is 5.32 Å². The van der Waals surface area contributed by atoms with E-state index in [4.69, 9.17) is 4.74 Å². The highest BCUT2D eigenvalue weighted by molar-refractivity contribution is 7.91. The molecule has 0 bridgehead atoms. The van der Waals surface area contributed by atoms with Crippen molar-refractivity contribution in [2.75, 3.05) is 50.8 Å². The van der Waals surface area contributed by atoms with Gasteiger partial charge in [-0.25, -0.2) is 8.42 Å². The lowest BCUT2D eigenvalue weighted by molar-refractivity contribution is -0.0998. The molecule has 0 saturated carbocycles. The summed E-state index contributed by atoms with van der Waals surface area (Å²) in [6.07, 6.45) is 4.10. The van der Waals surface area contributed by atoms with Gasteiger partial charge in [-0.1, -0.05) is 0 Å². The summed E-state index contributed by atoms with van der Waals surface area (Å²) < 4.78 is 28.9. The van der Waals surface area contributed by atoms with E-state index in [1.54, 1.807) is 0 Å². The first-order chi connectivity index (χ1) is 9.57. The number of sulfone groups is 1. The standard InChI is InChI=1S/C14H26N2O3S/c17-20(18)10-2-13(11-20)1-6-16-7-3-14(4-8-16)12-15-5-9-19-14/h13,15H,1-12H2. The minimum atomic E-state index is -2.72. The maximum absolute atomic E-state index is 11.5. The summed E-state index contributed by atoms with van der Waals surface area (Å²) in [6.45, 7) is 6.01. The van der Waals surface area contributed by atoms with Crippen LogP contribution >= 0.6 is 0 Å². The molecule has 20 heavy (non-hydrogen) atoms. The third-order valence-electron chi connectivity index (χ3n) is 5.08. The van der Waals surface area contributed by atoms with Gasteiger partial charge in [0.25, 0.3) is 0 Å². The van der Waals surface area contributed by atoms with Gasteiger partial charge < -0.3 is 15.0 Å². The minimum absolute atomic E-state index is 0.0748. The third kappa shape index (κ3) is 3.53. The van der Waals surface area contributed by atoms with Crippen LogP contribution in [0.4, 0.5) is 0 Å². The van der Waals surface area contributed by atoms with E-state index in [1.165, 1.54) is 0 Å². The minimum Gasteiger partial charge on any atom is -0.372 e. The molecule has 3 aliphatic rings. The second kappa shape index (κ2) is 5.91. The van der Waals surface area contributed by atoms with E-state index in [0.29, 0.717) is 17.4 Å². The Morgan fingerprint density at radius 3 is 2.70 bits per heavy atom. The molecule has 3 aliphatic heterocycles. The van der Waals surface area contributed by atoms with Crippen LogP contribution in [0.15, 0.2) is 0 Å². The summed E-state index contributed by atoms with van der Waals surface area (Å²) in [4.78, 5) is 2.48. The van der Waals surface area contributed by atoms with E-state index in [0.717, 1.165) is 65.0 Å². The molecule has 6 heteroatoms. The van der Waals surface area contributed by atoms with Crippen molar-refractivity contribution in [3.05, 3.63) is 0 Å². The Bertz CT molecular complexity index is 422. The maximum atomic E-state index is 11.5. The SMILES string of the molecule is O=S1(=O)CCC(CCN2CCC3(CC2)CNCCO3)C1. The van der Waals surface area contributed by atoms with E-state index in [2.05, 4.69) is 10.2 Å². The van der Waals surface area contributed by atoms with Crippen molar-refractivity contribution in [1.82, 2.24) is 10.2 Å².